The van der Waals surface area contributed by atoms with Crippen molar-refractivity contribution in [2.24, 2.45) is 7.05 Å². The number of rotatable bonds is 4. The molecule has 0 spiro atoms. The number of amides is 1. The van der Waals surface area contributed by atoms with Crippen LogP contribution < -0.4 is 5.32 Å². The van der Waals surface area contributed by atoms with Crippen LogP contribution in [0.5, 0.6) is 0 Å². The third-order valence-corrected chi connectivity index (χ3v) is 4.48. The first-order chi connectivity index (χ1) is 10.6. The first-order valence-corrected chi connectivity index (χ1v) is 8.04. The Morgan fingerprint density at radius 2 is 2.23 bits per heavy atom. The van der Waals surface area contributed by atoms with Gasteiger partial charge in [0.2, 0.25) is 0 Å². The van der Waals surface area contributed by atoms with Crippen molar-refractivity contribution in [2.75, 3.05) is 6.54 Å². The monoisotopic (exact) mass is 297 g/mol. The molecular weight excluding hydrogens is 274 g/mol. The zero-order chi connectivity index (χ0) is 15.5. The minimum absolute atomic E-state index is 0.0124. The lowest BCUT2D eigenvalue weighted by molar-refractivity contribution is 0.0954. The van der Waals surface area contributed by atoms with E-state index in [-0.39, 0.29) is 5.91 Å². The Morgan fingerprint density at radius 1 is 1.36 bits per heavy atom. The lowest BCUT2D eigenvalue weighted by Gasteiger charge is -2.13. The second kappa shape index (κ2) is 6.34. The number of hydrogen-bond acceptors (Lipinski definition) is 2. The van der Waals surface area contributed by atoms with Crippen molar-refractivity contribution < 1.29 is 4.79 Å². The fourth-order valence-corrected chi connectivity index (χ4v) is 3.03. The van der Waals surface area contributed by atoms with Crippen LogP contribution in [0.25, 0.3) is 11.0 Å². The van der Waals surface area contributed by atoms with Crippen molar-refractivity contribution in [3.63, 3.8) is 0 Å². The van der Waals surface area contributed by atoms with Gasteiger partial charge >= 0.3 is 0 Å². The highest BCUT2D eigenvalue weighted by molar-refractivity contribution is 5.97. The Labute approximate surface area is 131 Å². The van der Waals surface area contributed by atoms with Crippen LogP contribution in [-0.2, 0) is 7.05 Å². The molecule has 1 amide bonds. The molecule has 0 aliphatic heterocycles. The Hall–Kier alpha value is -2.10. The van der Waals surface area contributed by atoms with Crippen molar-refractivity contribution in [3.8, 4) is 0 Å². The molecule has 0 radical (unpaired) electrons. The molecule has 0 atom stereocenters. The highest BCUT2D eigenvalue weighted by atomic mass is 16.1. The molecule has 0 saturated heterocycles. The first-order valence-electron chi connectivity index (χ1n) is 8.04. The number of nitrogens with one attached hydrogen (secondary N) is 1. The molecule has 1 aromatic carbocycles. The van der Waals surface area contributed by atoms with Crippen molar-refractivity contribution >= 4 is 16.9 Å². The van der Waals surface area contributed by atoms with Gasteiger partial charge in [-0.05, 0) is 57.2 Å². The average Bonchev–Trinajstić information content (AvgIpc) is 2.82. The number of aromatic nitrogens is 2. The number of carbonyl (C=O) groups is 1. The lowest BCUT2D eigenvalue weighted by atomic mass is 9.97. The molecular formula is C18H23N3O. The molecule has 116 valence electrons. The normalized spacial score (nSPS) is 14.9. The predicted octanol–water partition coefficient (Wildman–Crippen LogP) is 3.50. The molecule has 0 saturated carbocycles. The summed E-state index contributed by atoms with van der Waals surface area (Å²) in [6.07, 6.45) is 8.28. The smallest absolute Gasteiger partial charge is 0.251 e. The van der Waals surface area contributed by atoms with Gasteiger partial charge < -0.3 is 9.88 Å². The Kier molecular flexibility index (Phi) is 4.27. The van der Waals surface area contributed by atoms with Crippen molar-refractivity contribution in [2.45, 2.75) is 39.0 Å². The summed E-state index contributed by atoms with van der Waals surface area (Å²) in [6.45, 7) is 2.68. The first kappa shape index (κ1) is 14.8. The van der Waals surface area contributed by atoms with Gasteiger partial charge in [-0.2, -0.15) is 0 Å². The zero-order valence-electron chi connectivity index (χ0n) is 13.4. The Balaban J connectivity index is 1.63. The number of benzene rings is 1. The number of carbonyl (C=O) groups excluding carboxylic acids is 1. The van der Waals surface area contributed by atoms with Crippen LogP contribution in [0.4, 0.5) is 0 Å². The van der Waals surface area contributed by atoms with Gasteiger partial charge in [0, 0.05) is 19.2 Å². The minimum atomic E-state index is -0.0124. The second-order valence-electron chi connectivity index (χ2n) is 6.04. The van der Waals surface area contributed by atoms with Crippen LogP contribution in [-0.4, -0.2) is 22.0 Å². The van der Waals surface area contributed by atoms with Gasteiger partial charge in [-0.15, -0.1) is 0 Å². The van der Waals surface area contributed by atoms with E-state index in [0.29, 0.717) is 12.1 Å². The average molecular weight is 297 g/mol. The topological polar surface area (TPSA) is 46.9 Å². The van der Waals surface area contributed by atoms with E-state index < -0.39 is 0 Å². The third-order valence-electron chi connectivity index (χ3n) is 4.48. The number of aryl methyl sites for hydroxylation is 2. The molecule has 0 bridgehead atoms. The van der Waals surface area contributed by atoms with Gasteiger partial charge in [0.05, 0.1) is 11.0 Å². The SMILES string of the molecule is Cc1nc2cc(C(=O)NCCC3=CCCCC3)ccc2n1C. The van der Waals surface area contributed by atoms with Crippen molar-refractivity contribution in [1.82, 2.24) is 14.9 Å². The Bertz CT molecular complexity index is 727. The fraction of sp³-hybridized carbons (Fsp3) is 0.444. The van der Waals surface area contributed by atoms with E-state index in [9.17, 15) is 4.79 Å². The van der Waals surface area contributed by atoms with Crippen LogP contribution in [0.1, 0.15) is 48.3 Å². The molecule has 4 nitrogen and oxygen atoms in total. The summed E-state index contributed by atoms with van der Waals surface area (Å²) in [7, 11) is 1.99. The number of hydrogen-bond donors (Lipinski definition) is 1. The summed E-state index contributed by atoms with van der Waals surface area (Å²) in [5, 5.41) is 3.02. The van der Waals surface area contributed by atoms with Crippen LogP contribution in [0.2, 0.25) is 0 Å². The molecule has 1 aliphatic rings. The molecule has 22 heavy (non-hydrogen) atoms. The van der Waals surface area contributed by atoms with Gasteiger partial charge in [-0.1, -0.05) is 11.6 Å². The second-order valence-corrected chi connectivity index (χ2v) is 6.04. The summed E-state index contributed by atoms with van der Waals surface area (Å²) in [4.78, 5) is 16.7. The van der Waals surface area contributed by atoms with E-state index in [4.69, 9.17) is 0 Å². The molecule has 0 unspecified atom stereocenters. The number of allylic oxidation sites excluding steroid dienone is 1. The third kappa shape index (κ3) is 3.06. The van der Waals surface area contributed by atoms with E-state index in [2.05, 4.69) is 16.4 Å². The Morgan fingerprint density at radius 3 is 3.00 bits per heavy atom. The van der Waals surface area contributed by atoms with Gasteiger partial charge in [0.25, 0.3) is 5.91 Å². The lowest BCUT2D eigenvalue weighted by Crippen LogP contribution is -2.24. The van der Waals surface area contributed by atoms with Crippen molar-refractivity contribution in [3.05, 3.63) is 41.2 Å². The molecule has 2 aromatic rings. The largest absolute Gasteiger partial charge is 0.352 e. The summed E-state index contributed by atoms with van der Waals surface area (Å²) in [6, 6.07) is 5.71. The van der Waals surface area contributed by atoms with E-state index >= 15 is 0 Å². The molecule has 4 heteroatoms. The maximum absolute atomic E-state index is 12.3. The number of fused-ring (bicyclic) bond motifs is 1. The quantitative estimate of drug-likeness (QED) is 0.878. The van der Waals surface area contributed by atoms with Crippen LogP contribution in [0, 0.1) is 6.92 Å². The predicted molar refractivity (Wildman–Crippen MR) is 89.0 cm³/mol. The fourth-order valence-electron chi connectivity index (χ4n) is 3.03. The molecule has 1 N–H and O–H groups in total. The highest BCUT2D eigenvalue weighted by Gasteiger charge is 2.10. The van der Waals surface area contributed by atoms with Crippen LogP contribution >= 0.6 is 0 Å². The molecule has 1 aliphatic carbocycles. The van der Waals surface area contributed by atoms with Crippen LogP contribution in [0.15, 0.2) is 29.8 Å². The zero-order valence-corrected chi connectivity index (χ0v) is 13.4. The summed E-state index contributed by atoms with van der Waals surface area (Å²) < 4.78 is 2.03. The van der Waals surface area contributed by atoms with Gasteiger partial charge in [-0.3, -0.25) is 4.79 Å². The molecule has 3 rings (SSSR count). The minimum Gasteiger partial charge on any atom is -0.352 e. The number of nitrogens with zero attached hydrogens (tertiary/aromatic N) is 2. The number of imidazole rings is 1. The molecule has 0 fully saturated rings. The van der Waals surface area contributed by atoms with E-state index in [1.165, 1.54) is 31.3 Å². The summed E-state index contributed by atoms with van der Waals surface area (Å²) in [5.74, 6) is 0.943. The van der Waals surface area contributed by atoms with E-state index in [1.807, 2.05) is 36.7 Å². The van der Waals surface area contributed by atoms with E-state index in [0.717, 1.165) is 23.3 Å². The van der Waals surface area contributed by atoms with E-state index in [1.54, 1.807) is 0 Å². The van der Waals surface area contributed by atoms with Crippen molar-refractivity contribution in [1.29, 1.82) is 0 Å². The maximum atomic E-state index is 12.3. The molecule has 1 aromatic heterocycles. The summed E-state index contributed by atoms with van der Waals surface area (Å²) in [5.41, 5.74) is 4.11. The maximum Gasteiger partial charge on any atom is 0.251 e. The van der Waals surface area contributed by atoms with Gasteiger partial charge in [0.1, 0.15) is 5.82 Å². The molecule has 1 heterocycles. The summed E-state index contributed by atoms with van der Waals surface area (Å²) >= 11 is 0. The van der Waals surface area contributed by atoms with Crippen LogP contribution in [0.3, 0.4) is 0 Å². The highest BCUT2D eigenvalue weighted by Crippen LogP contribution is 2.20. The van der Waals surface area contributed by atoms with Gasteiger partial charge in [-0.25, -0.2) is 4.98 Å². The standard InChI is InChI=1S/C18H23N3O/c1-13-20-16-12-15(8-9-17(16)21(13)2)18(22)19-11-10-14-6-4-3-5-7-14/h6,8-9,12H,3-5,7,10-11H2,1-2H3,(H,19,22). The van der Waals surface area contributed by atoms with Gasteiger partial charge in [0.15, 0.2) is 0 Å².